The number of benzene rings is 1. The van der Waals surface area contributed by atoms with E-state index < -0.39 is 10.0 Å². The van der Waals surface area contributed by atoms with Crippen molar-refractivity contribution >= 4 is 15.9 Å². The average Bonchev–Trinajstić information content (AvgIpc) is 3.00. The molecule has 0 saturated carbocycles. The van der Waals surface area contributed by atoms with Gasteiger partial charge >= 0.3 is 0 Å². The van der Waals surface area contributed by atoms with Gasteiger partial charge < -0.3 is 5.32 Å². The molecule has 1 amide bonds. The molecule has 0 aliphatic carbocycles. The van der Waals surface area contributed by atoms with Gasteiger partial charge in [0.25, 0.3) is 0 Å². The van der Waals surface area contributed by atoms with Gasteiger partial charge in [-0.3, -0.25) is 9.89 Å². The Morgan fingerprint density at radius 1 is 1.26 bits per heavy atom. The van der Waals surface area contributed by atoms with Crippen molar-refractivity contribution in [3.05, 3.63) is 46.8 Å². The summed E-state index contributed by atoms with van der Waals surface area (Å²) in [6.07, 6.45) is 1.35. The third-order valence-corrected chi connectivity index (χ3v) is 7.13. The van der Waals surface area contributed by atoms with Crippen LogP contribution in [0.3, 0.4) is 0 Å². The number of aryl methyl sites for hydroxylation is 3. The predicted molar refractivity (Wildman–Crippen MR) is 103 cm³/mol. The van der Waals surface area contributed by atoms with Crippen molar-refractivity contribution in [3.8, 4) is 0 Å². The van der Waals surface area contributed by atoms with Crippen LogP contribution in [0.25, 0.3) is 0 Å². The highest BCUT2D eigenvalue weighted by Crippen LogP contribution is 2.26. The van der Waals surface area contributed by atoms with Crippen LogP contribution in [-0.2, 0) is 21.4 Å². The summed E-state index contributed by atoms with van der Waals surface area (Å²) in [6, 6.07) is 7.98. The van der Waals surface area contributed by atoms with Crippen LogP contribution >= 0.6 is 0 Å². The van der Waals surface area contributed by atoms with Gasteiger partial charge in [-0.1, -0.05) is 29.8 Å². The van der Waals surface area contributed by atoms with Crippen molar-refractivity contribution in [1.82, 2.24) is 19.8 Å². The number of amides is 1. The van der Waals surface area contributed by atoms with Gasteiger partial charge in [0.15, 0.2) is 0 Å². The highest BCUT2D eigenvalue weighted by molar-refractivity contribution is 7.89. The minimum atomic E-state index is -3.66. The Balaban J connectivity index is 1.66. The summed E-state index contributed by atoms with van der Waals surface area (Å²) < 4.78 is 27.4. The molecule has 2 aromatic rings. The maximum absolute atomic E-state index is 13.0. The van der Waals surface area contributed by atoms with Gasteiger partial charge in [-0.2, -0.15) is 9.40 Å². The van der Waals surface area contributed by atoms with Crippen LogP contribution in [0.4, 0.5) is 0 Å². The summed E-state index contributed by atoms with van der Waals surface area (Å²) in [5.74, 6) is -0.442. The number of hydrogen-bond acceptors (Lipinski definition) is 4. The lowest BCUT2D eigenvalue weighted by atomic mass is 9.98. The summed E-state index contributed by atoms with van der Waals surface area (Å²) in [5.41, 5.74) is 3.18. The van der Waals surface area contributed by atoms with Crippen molar-refractivity contribution in [2.75, 3.05) is 13.1 Å². The van der Waals surface area contributed by atoms with Crippen molar-refractivity contribution in [1.29, 1.82) is 0 Å². The molecule has 1 saturated heterocycles. The molecule has 7 nitrogen and oxygen atoms in total. The summed E-state index contributed by atoms with van der Waals surface area (Å²) in [7, 11) is -3.66. The van der Waals surface area contributed by atoms with Gasteiger partial charge in [0.1, 0.15) is 4.90 Å². The summed E-state index contributed by atoms with van der Waals surface area (Å²) in [4.78, 5) is 12.8. The van der Waals surface area contributed by atoms with E-state index in [0.29, 0.717) is 37.3 Å². The maximum atomic E-state index is 13.0. The van der Waals surface area contributed by atoms with Gasteiger partial charge in [0.2, 0.25) is 15.9 Å². The topological polar surface area (TPSA) is 95.2 Å². The Bertz CT molecular complexity index is 899. The lowest BCUT2D eigenvalue weighted by Gasteiger charge is -2.31. The molecule has 0 bridgehead atoms. The highest BCUT2D eigenvalue weighted by Gasteiger charge is 2.35. The number of aromatic nitrogens is 2. The Kier molecular flexibility index (Phi) is 5.67. The number of nitrogens with zero attached hydrogens (tertiary/aromatic N) is 2. The smallest absolute Gasteiger partial charge is 0.246 e. The predicted octanol–water partition coefficient (Wildman–Crippen LogP) is 2.05. The molecule has 27 heavy (non-hydrogen) atoms. The lowest BCUT2D eigenvalue weighted by Crippen LogP contribution is -2.45. The van der Waals surface area contributed by atoms with Gasteiger partial charge in [-0.25, -0.2) is 8.42 Å². The number of carbonyl (C=O) groups is 1. The van der Waals surface area contributed by atoms with E-state index in [0.717, 1.165) is 5.56 Å². The second-order valence-electron chi connectivity index (χ2n) is 7.17. The molecular formula is C19H26N4O3S. The highest BCUT2D eigenvalue weighted by atomic mass is 32.2. The Morgan fingerprint density at radius 2 is 1.96 bits per heavy atom. The molecule has 1 aromatic heterocycles. The van der Waals surface area contributed by atoms with Crippen molar-refractivity contribution in [2.45, 2.75) is 45.1 Å². The van der Waals surface area contributed by atoms with E-state index in [1.165, 1.54) is 9.87 Å². The number of hydrogen-bond donors (Lipinski definition) is 2. The van der Waals surface area contributed by atoms with E-state index >= 15 is 0 Å². The van der Waals surface area contributed by atoms with Gasteiger partial charge in [-0.05, 0) is 39.2 Å². The molecular weight excluding hydrogens is 364 g/mol. The van der Waals surface area contributed by atoms with E-state index in [9.17, 15) is 13.2 Å². The molecule has 2 N–H and O–H groups in total. The van der Waals surface area contributed by atoms with Gasteiger partial charge in [-0.15, -0.1) is 0 Å². The van der Waals surface area contributed by atoms with E-state index in [1.807, 2.05) is 31.2 Å². The fourth-order valence-corrected chi connectivity index (χ4v) is 5.32. The molecule has 1 fully saturated rings. The van der Waals surface area contributed by atoms with Crippen molar-refractivity contribution in [2.24, 2.45) is 5.92 Å². The summed E-state index contributed by atoms with van der Waals surface area (Å²) in [6.45, 7) is 6.46. The largest absolute Gasteiger partial charge is 0.352 e. The first kappa shape index (κ1) is 19.6. The molecule has 1 atom stereocenters. The standard InChI is InChI=1S/C19H26N4O3S/c1-13-6-8-16(9-7-13)11-20-19(24)17-5-4-10-23(12-17)27(25,26)18-14(2)21-22-15(18)3/h6-9,17H,4-5,10-12H2,1-3H3,(H,20,24)(H,21,22)/t17-/m1/s1. The van der Waals surface area contributed by atoms with Gasteiger partial charge in [0, 0.05) is 19.6 Å². The van der Waals surface area contributed by atoms with Crippen LogP contribution in [0.1, 0.15) is 35.4 Å². The number of H-pyrrole nitrogens is 1. The monoisotopic (exact) mass is 390 g/mol. The van der Waals surface area contributed by atoms with Gasteiger partial charge in [0.05, 0.1) is 17.3 Å². The minimum Gasteiger partial charge on any atom is -0.352 e. The number of aromatic amines is 1. The minimum absolute atomic E-state index is 0.101. The van der Waals surface area contributed by atoms with Crippen LogP contribution in [0.15, 0.2) is 29.2 Å². The molecule has 1 aromatic carbocycles. The van der Waals surface area contributed by atoms with Crippen molar-refractivity contribution < 1.29 is 13.2 Å². The van der Waals surface area contributed by atoms with Crippen molar-refractivity contribution in [3.63, 3.8) is 0 Å². The second kappa shape index (κ2) is 7.82. The van der Waals surface area contributed by atoms with E-state index in [4.69, 9.17) is 0 Å². The molecule has 0 spiro atoms. The van der Waals surface area contributed by atoms with Crippen LogP contribution in [0.5, 0.6) is 0 Å². The Labute approximate surface area is 160 Å². The zero-order valence-corrected chi connectivity index (χ0v) is 16.8. The number of sulfonamides is 1. The molecule has 146 valence electrons. The number of carbonyl (C=O) groups excluding carboxylic acids is 1. The first-order valence-electron chi connectivity index (χ1n) is 9.14. The van der Waals surface area contributed by atoms with Crippen LogP contribution in [0.2, 0.25) is 0 Å². The fraction of sp³-hybridized carbons (Fsp3) is 0.474. The Morgan fingerprint density at radius 3 is 2.59 bits per heavy atom. The maximum Gasteiger partial charge on any atom is 0.246 e. The molecule has 0 radical (unpaired) electrons. The molecule has 1 aliphatic heterocycles. The quantitative estimate of drug-likeness (QED) is 0.817. The third kappa shape index (κ3) is 4.22. The number of rotatable bonds is 5. The summed E-state index contributed by atoms with van der Waals surface area (Å²) >= 11 is 0. The molecule has 3 rings (SSSR count). The van der Waals surface area contributed by atoms with Crippen LogP contribution in [-0.4, -0.2) is 41.9 Å². The molecule has 0 unspecified atom stereocenters. The Hall–Kier alpha value is -2.19. The van der Waals surface area contributed by atoms with E-state index in [1.54, 1.807) is 13.8 Å². The van der Waals surface area contributed by atoms with E-state index in [-0.39, 0.29) is 23.3 Å². The zero-order chi connectivity index (χ0) is 19.6. The zero-order valence-electron chi connectivity index (χ0n) is 15.9. The van der Waals surface area contributed by atoms with E-state index in [2.05, 4.69) is 15.5 Å². The third-order valence-electron chi connectivity index (χ3n) is 5.00. The second-order valence-corrected chi connectivity index (χ2v) is 9.04. The van der Waals surface area contributed by atoms with Crippen LogP contribution in [0, 0.1) is 26.7 Å². The number of nitrogens with one attached hydrogen (secondary N) is 2. The van der Waals surface area contributed by atoms with Crippen LogP contribution < -0.4 is 5.32 Å². The first-order valence-corrected chi connectivity index (χ1v) is 10.6. The molecule has 2 heterocycles. The molecule has 8 heteroatoms. The SMILES string of the molecule is Cc1ccc(CNC(=O)[C@@H]2CCCN(S(=O)(=O)c3c(C)n[nH]c3C)C2)cc1. The lowest BCUT2D eigenvalue weighted by molar-refractivity contribution is -0.126. The normalized spacial score (nSPS) is 18.4. The average molecular weight is 391 g/mol. The number of piperidine rings is 1. The summed E-state index contributed by atoms with van der Waals surface area (Å²) in [5, 5.41) is 9.65. The first-order chi connectivity index (χ1) is 12.8. The molecule has 1 aliphatic rings. The fourth-order valence-electron chi connectivity index (χ4n) is 3.46.